The molecule has 3 aromatic rings. The molecule has 0 unspecified atom stereocenters. The molecule has 0 saturated heterocycles. The second kappa shape index (κ2) is 7.88. The van der Waals surface area contributed by atoms with E-state index in [1.165, 1.54) is 0 Å². The molecule has 0 aliphatic rings. The second-order valence-electron chi connectivity index (χ2n) is 5.92. The van der Waals surface area contributed by atoms with Gasteiger partial charge in [-0.2, -0.15) is 0 Å². The van der Waals surface area contributed by atoms with Crippen LogP contribution >= 0.6 is 0 Å². The molecule has 0 aromatic heterocycles. The number of aliphatic hydroxyl groups is 1. The molecular weight excluding hydrogens is 310 g/mol. The van der Waals surface area contributed by atoms with Crippen LogP contribution in [0.1, 0.15) is 16.7 Å². The number of carbonyl (C=O) groups is 1. The minimum absolute atomic E-state index is 0.266. The lowest BCUT2D eigenvalue weighted by atomic mass is 9.76. The summed E-state index contributed by atoms with van der Waals surface area (Å²) in [5, 5.41) is 13.0. The van der Waals surface area contributed by atoms with E-state index in [1.807, 2.05) is 91.0 Å². The fourth-order valence-corrected chi connectivity index (χ4v) is 3.22. The number of benzene rings is 3. The number of hydrogen-bond donors (Lipinski definition) is 2. The third-order valence-corrected chi connectivity index (χ3v) is 4.38. The molecule has 0 amide bonds. The van der Waals surface area contributed by atoms with E-state index in [1.54, 1.807) is 0 Å². The standard InChI is InChI=1S/C22H21NO2/c24-16-21(17-25)23-22(18-10-4-1-5-11-18,19-12-6-2-7-13-19)20-14-8-3-9-15-20/h1-16,21,23,25H,17H2/t21-/m0/s1. The van der Waals surface area contributed by atoms with Crippen LogP contribution in [0.15, 0.2) is 91.0 Å². The van der Waals surface area contributed by atoms with Gasteiger partial charge in [0, 0.05) is 0 Å². The number of carbonyl (C=O) groups excluding carboxylic acids is 1. The maximum Gasteiger partial charge on any atom is 0.139 e. The van der Waals surface area contributed by atoms with Gasteiger partial charge in [-0.15, -0.1) is 0 Å². The first-order valence-corrected chi connectivity index (χ1v) is 8.31. The van der Waals surface area contributed by atoms with Crippen molar-refractivity contribution in [1.82, 2.24) is 5.32 Å². The molecule has 126 valence electrons. The molecule has 25 heavy (non-hydrogen) atoms. The molecule has 0 bridgehead atoms. The largest absolute Gasteiger partial charge is 0.394 e. The highest BCUT2D eigenvalue weighted by Crippen LogP contribution is 2.37. The molecule has 0 spiro atoms. The molecule has 0 radical (unpaired) electrons. The summed E-state index contributed by atoms with van der Waals surface area (Å²) in [6.07, 6.45) is 0.754. The predicted octanol–water partition coefficient (Wildman–Crippen LogP) is 3.13. The summed E-state index contributed by atoms with van der Waals surface area (Å²) in [4.78, 5) is 11.5. The van der Waals surface area contributed by atoms with Gasteiger partial charge in [-0.05, 0) is 16.7 Å². The summed E-state index contributed by atoms with van der Waals surface area (Å²) in [6, 6.07) is 29.3. The average Bonchev–Trinajstić information content (AvgIpc) is 2.71. The lowest BCUT2D eigenvalue weighted by Crippen LogP contribution is -2.51. The van der Waals surface area contributed by atoms with Crippen LogP contribution in [0.25, 0.3) is 0 Å². The predicted molar refractivity (Wildman–Crippen MR) is 99.3 cm³/mol. The Morgan fingerprint density at radius 2 is 1.12 bits per heavy atom. The van der Waals surface area contributed by atoms with Crippen LogP contribution < -0.4 is 5.32 Å². The minimum atomic E-state index is -0.738. The first kappa shape index (κ1) is 17.1. The Morgan fingerprint density at radius 1 is 0.760 bits per heavy atom. The summed E-state index contributed by atoms with van der Waals surface area (Å²) in [7, 11) is 0. The smallest absolute Gasteiger partial charge is 0.139 e. The Labute approximate surface area is 148 Å². The molecule has 1 atom stereocenters. The Morgan fingerprint density at radius 3 is 1.40 bits per heavy atom. The Balaban J connectivity index is 2.29. The van der Waals surface area contributed by atoms with Crippen molar-refractivity contribution in [3.63, 3.8) is 0 Å². The molecule has 3 aromatic carbocycles. The van der Waals surface area contributed by atoms with Crippen molar-refractivity contribution in [2.75, 3.05) is 6.61 Å². The van der Waals surface area contributed by atoms with Gasteiger partial charge in [0.2, 0.25) is 0 Å². The fraction of sp³-hybridized carbons (Fsp3) is 0.136. The fourth-order valence-electron chi connectivity index (χ4n) is 3.22. The Bertz CT molecular complexity index is 691. The number of aldehydes is 1. The number of nitrogens with one attached hydrogen (secondary N) is 1. The third kappa shape index (κ3) is 3.38. The Kier molecular flexibility index (Phi) is 5.39. The molecular formula is C22H21NO2. The van der Waals surface area contributed by atoms with Crippen molar-refractivity contribution in [2.24, 2.45) is 0 Å². The lowest BCUT2D eigenvalue weighted by Gasteiger charge is -2.38. The molecule has 3 rings (SSSR count). The molecule has 0 fully saturated rings. The van der Waals surface area contributed by atoms with Crippen molar-refractivity contribution in [3.05, 3.63) is 108 Å². The van der Waals surface area contributed by atoms with Gasteiger partial charge in [0.25, 0.3) is 0 Å². The van der Waals surface area contributed by atoms with Gasteiger partial charge < -0.3 is 9.90 Å². The third-order valence-electron chi connectivity index (χ3n) is 4.38. The van der Waals surface area contributed by atoms with E-state index in [2.05, 4.69) is 5.32 Å². The maximum atomic E-state index is 11.5. The average molecular weight is 331 g/mol. The van der Waals surface area contributed by atoms with E-state index in [-0.39, 0.29) is 6.61 Å². The van der Waals surface area contributed by atoms with Gasteiger partial charge in [0.15, 0.2) is 0 Å². The van der Waals surface area contributed by atoms with E-state index < -0.39 is 11.6 Å². The van der Waals surface area contributed by atoms with Crippen LogP contribution in [0.5, 0.6) is 0 Å². The monoisotopic (exact) mass is 331 g/mol. The van der Waals surface area contributed by atoms with Gasteiger partial charge in [0.1, 0.15) is 6.29 Å². The van der Waals surface area contributed by atoms with Crippen molar-refractivity contribution in [3.8, 4) is 0 Å². The highest BCUT2D eigenvalue weighted by atomic mass is 16.3. The van der Waals surface area contributed by atoms with Gasteiger partial charge >= 0.3 is 0 Å². The van der Waals surface area contributed by atoms with E-state index >= 15 is 0 Å². The first-order chi connectivity index (χ1) is 12.3. The highest BCUT2D eigenvalue weighted by molar-refractivity contribution is 5.60. The molecule has 2 N–H and O–H groups in total. The van der Waals surface area contributed by atoms with Crippen molar-refractivity contribution in [1.29, 1.82) is 0 Å². The van der Waals surface area contributed by atoms with Crippen molar-refractivity contribution >= 4 is 6.29 Å². The van der Waals surface area contributed by atoms with Crippen LogP contribution in [-0.2, 0) is 10.3 Å². The van der Waals surface area contributed by atoms with E-state index in [9.17, 15) is 9.90 Å². The van der Waals surface area contributed by atoms with E-state index in [0.29, 0.717) is 0 Å². The highest BCUT2D eigenvalue weighted by Gasteiger charge is 2.37. The zero-order valence-electron chi connectivity index (χ0n) is 13.9. The van der Waals surface area contributed by atoms with Crippen LogP contribution in [0.2, 0.25) is 0 Å². The van der Waals surface area contributed by atoms with Crippen LogP contribution in [0, 0.1) is 0 Å². The number of rotatable bonds is 7. The number of aliphatic hydroxyl groups excluding tert-OH is 1. The van der Waals surface area contributed by atoms with E-state index in [0.717, 1.165) is 23.0 Å². The molecule has 0 saturated carbocycles. The lowest BCUT2D eigenvalue weighted by molar-refractivity contribution is -0.110. The number of hydrogen-bond acceptors (Lipinski definition) is 3. The zero-order valence-corrected chi connectivity index (χ0v) is 13.9. The minimum Gasteiger partial charge on any atom is -0.394 e. The summed E-state index contributed by atoms with van der Waals surface area (Å²) in [5.41, 5.74) is 2.28. The molecule has 0 aliphatic heterocycles. The maximum absolute atomic E-state index is 11.5. The summed E-state index contributed by atoms with van der Waals surface area (Å²) >= 11 is 0. The van der Waals surface area contributed by atoms with Crippen LogP contribution in [0.4, 0.5) is 0 Å². The van der Waals surface area contributed by atoms with Crippen molar-refractivity contribution < 1.29 is 9.90 Å². The van der Waals surface area contributed by atoms with Gasteiger partial charge in [0.05, 0.1) is 18.2 Å². The molecule has 3 heteroatoms. The van der Waals surface area contributed by atoms with Crippen LogP contribution in [0.3, 0.4) is 0 Å². The van der Waals surface area contributed by atoms with Gasteiger partial charge in [-0.1, -0.05) is 91.0 Å². The Hall–Kier alpha value is -2.75. The van der Waals surface area contributed by atoms with Crippen molar-refractivity contribution in [2.45, 2.75) is 11.6 Å². The SMILES string of the molecule is O=C[C@@H](CO)NC(c1ccccc1)(c1ccccc1)c1ccccc1. The zero-order chi connectivity index (χ0) is 17.5. The van der Waals surface area contributed by atoms with Gasteiger partial charge in [-0.3, -0.25) is 5.32 Å². The first-order valence-electron chi connectivity index (χ1n) is 8.31. The quantitative estimate of drug-likeness (QED) is 0.516. The second-order valence-corrected chi connectivity index (χ2v) is 5.92. The van der Waals surface area contributed by atoms with E-state index in [4.69, 9.17) is 0 Å². The van der Waals surface area contributed by atoms with Crippen LogP contribution in [-0.4, -0.2) is 24.0 Å². The summed E-state index contributed by atoms with van der Waals surface area (Å²) < 4.78 is 0. The molecule has 3 nitrogen and oxygen atoms in total. The summed E-state index contributed by atoms with van der Waals surface area (Å²) in [6.45, 7) is -0.266. The summed E-state index contributed by atoms with van der Waals surface area (Å²) in [5.74, 6) is 0. The van der Waals surface area contributed by atoms with Gasteiger partial charge in [-0.25, -0.2) is 0 Å². The molecule has 0 aliphatic carbocycles. The normalized spacial score (nSPS) is 12.5. The topological polar surface area (TPSA) is 49.3 Å². The molecule has 0 heterocycles.